The molecule has 0 spiro atoms. The maximum Gasteiger partial charge on any atom is 0.307 e. The number of methoxy groups -OCH3 is 1. The van der Waals surface area contributed by atoms with Gasteiger partial charge in [-0.1, -0.05) is 24.3 Å². The van der Waals surface area contributed by atoms with Crippen molar-refractivity contribution in [2.45, 2.75) is 44.6 Å². The SMILES string of the molecule is COC(=O)C[C@H]1CCCCN1C(=O)CCCN1C(=O)c2cccc3cccc(c23)C1=O. The molecule has 4 rings (SSSR count). The molecule has 1 atom stereocenters. The van der Waals surface area contributed by atoms with Crippen LogP contribution >= 0.6 is 0 Å². The van der Waals surface area contributed by atoms with E-state index in [0.29, 0.717) is 29.5 Å². The fourth-order valence-corrected chi connectivity index (χ4v) is 4.63. The van der Waals surface area contributed by atoms with E-state index < -0.39 is 0 Å². The van der Waals surface area contributed by atoms with E-state index in [1.165, 1.54) is 12.0 Å². The average Bonchev–Trinajstić information content (AvgIpc) is 2.79. The molecule has 3 amide bonds. The molecule has 0 aliphatic carbocycles. The number of esters is 1. The monoisotopic (exact) mass is 422 g/mol. The van der Waals surface area contributed by atoms with E-state index in [9.17, 15) is 19.2 Å². The zero-order valence-corrected chi connectivity index (χ0v) is 17.6. The number of amides is 3. The first-order valence-electron chi connectivity index (χ1n) is 10.8. The van der Waals surface area contributed by atoms with Crippen LogP contribution in [0.1, 0.15) is 59.2 Å². The van der Waals surface area contributed by atoms with Crippen LogP contribution < -0.4 is 0 Å². The third-order valence-corrected chi connectivity index (χ3v) is 6.21. The molecular weight excluding hydrogens is 396 g/mol. The number of benzene rings is 2. The second-order valence-corrected chi connectivity index (χ2v) is 8.09. The predicted octanol–water partition coefficient (Wildman–Crippen LogP) is 3.16. The Morgan fingerprint density at radius 3 is 2.35 bits per heavy atom. The van der Waals surface area contributed by atoms with Gasteiger partial charge in [-0.05, 0) is 43.2 Å². The lowest BCUT2D eigenvalue weighted by Gasteiger charge is -2.35. The fraction of sp³-hybridized carbons (Fsp3) is 0.417. The predicted molar refractivity (Wildman–Crippen MR) is 115 cm³/mol. The molecule has 2 aromatic carbocycles. The van der Waals surface area contributed by atoms with Crippen LogP contribution in [0.3, 0.4) is 0 Å². The van der Waals surface area contributed by atoms with Crippen molar-refractivity contribution in [3.63, 3.8) is 0 Å². The molecule has 0 unspecified atom stereocenters. The van der Waals surface area contributed by atoms with Crippen LogP contribution in [0.25, 0.3) is 10.8 Å². The van der Waals surface area contributed by atoms with Crippen molar-refractivity contribution in [1.82, 2.24) is 9.80 Å². The average molecular weight is 422 g/mol. The van der Waals surface area contributed by atoms with Gasteiger partial charge in [0.05, 0.1) is 13.5 Å². The molecule has 1 fully saturated rings. The zero-order valence-electron chi connectivity index (χ0n) is 17.6. The van der Waals surface area contributed by atoms with Crippen LogP contribution in [-0.2, 0) is 14.3 Å². The van der Waals surface area contributed by atoms with Crippen LogP contribution in [0.2, 0.25) is 0 Å². The first-order chi connectivity index (χ1) is 15.0. The highest BCUT2D eigenvalue weighted by molar-refractivity contribution is 6.25. The first kappa shape index (κ1) is 21.0. The molecule has 7 nitrogen and oxygen atoms in total. The highest BCUT2D eigenvalue weighted by atomic mass is 16.5. The Labute approximate surface area is 180 Å². The van der Waals surface area contributed by atoms with Gasteiger partial charge in [0, 0.05) is 42.1 Å². The van der Waals surface area contributed by atoms with E-state index in [4.69, 9.17) is 4.74 Å². The highest BCUT2D eigenvalue weighted by Gasteiger charge is 2.33. The number of likely N-dealkylation sites (tertiary alicyclic amines) is 1. The van der Waals surface area contributed by atoms with Crippen molar-refractivity contribution in [3.8, 4) is 0 Å². The summed E-state index contributed by atoms with van der Waals surface area (Å²) >= 11 is 0. The smallest absolute Gasteiger partial charge is 0.307 e. The summed E-state index contributed by atoms with van der Waals surface area (Å²) in [7, 11) is 1.35. The Morgan fingerprint density at radius 2 is 1.71 bits per heavy atom. The molecule has 31 heavy (non-hydrogen) atoms. The molecule has 0 N–H and O–H groups in total. The molecule has 0 bridgehead atoms. The quantitative estimate of drug-likeness (QED) is 0.527. The molecule has 162 valence electrons. The van der Waals surface area contributed by atoms with E-state index in [1.54, 1.807) is 17.0 Å². The Balaban J connectivity index is 1.41. The van der Waals surface area contributed by atoms with Crippen molar-refractivity contribution < 1.29 is 23.9 Å². The normalized spacial score (nSPS) is 18.4. The maximum absolute atomic E-state index is 13.0. The van der Waals surface area contributed by atoms with Gasteiger partial charge < -0.3 is 9.64 Å². The number of hydrogen-bond acceptors (Lipinski definition) is 5. The van der Waals surface area contributed by atoms with Crippen molar-refractivity contribution in [2.75, 3.05) is 20.2 Å². The molecule has 2 aliphatic heterocycles. The van der Waals surface area contributed by atoms with Gasteiger partial charge in [-0.2, -0.15) is 0 Å². The van der Waals surface area contributed by atoms with Gasteiger partial charge in [0.25, 0.3) is 11.8 Å². The second kappa shape index (κ2) is 8.88. The molecule has 2 aliphatic rings. The molecule has 0 saturated carbocycles. The van der Waals surface area contributed by atoms with Crippen LogP contribution in [0, 0.1) is 0 Å². The Kier molecular flexibility index (Phi) is 6.02. The van der Waals surface area contributed by atoms with Gasteiger partial charge in [-0.25, -0.2) is 0 Å². The number of ether oxygens (including phenoxy) is 1. The van der Waals surface area contributed by atoms with Crippen molar-refractivity contribution in [3.05, 3.63) is 47.5 Å². The number of nitrogens with zero attached hydrogens (tertiary/aromatic N) is 2. The topological polar surface area (TPSA) is 84.0 Å². The number of carbonyl (C=O) groups excluding carboxylic acids is 4. The second-order valence-electron chi connectivity index (χ2n) is 8.09. The van der Waals surface area contributed by atoms with Gasteiger partial charge in [-0.15, -0.1) is 0 Å². The van der Waals surface area contributed by atoms with E-state index in [0.717, 1.165) is 24.6 Å². The number of carbonyl (C=O) groups is 4. The fourth-order valence-electron chi connectivity index (χ4n) is 4.63. The summed E-state index contributed by atoms with van der Waals surface area (Å²) in [6.07, 6.45) is 3.48. The molecule has 7 heteroatoms. The van der Waals surface area contributed by atoms with Crippen LogP contribution in [0.5, 0.6) is 0 Å². The minimum atomic E-state index is -0.318. The van der Waals surface area contributed by atoms with E-state index >= 15 is 0 Å². The van der Waals surface area contributed by atoms with Gasteiger partial charge >= 0.3 is 5.97 Å². The lowest BCUT2D eigenvalue weighted by Crippen LogP contribution is -2.45. The number of piperidine rings is 1. The number of hydrogen-bond donors (Lipinski definition) is 0. The summed E-state index contributed by atoms with van der Waals surface area (Å²) in [6.45, 7) is 0.807. The van der Waals surface area contributed by atoms with Crippen molar-refractivity contribution >= 4 is 34.5 Å². The first-order valence-corrected chi connectivity index (χ1v) is 10.8. The summed E-state index contributed by atoms with van der Waals surface area (Å²) in [5, 5.41) is 1.57. The third kappa shape index (κ3) is 4.04. The summed E-state index contributed by atoms with van der Waals surface area (Å²) in [6, 6.07) is 10.7. The molecule has 0 radical (unpaired) electrons. The lowest BCUT2D eigenvalue weighted by molar-refractivity contribution is -0.144. The van der Waals surface area contributed by atoms with Gasteiger partial charge in [0.2, 0.25) is 5.91 Å². The largest absolute Gasteiger partial charge is 0.469 e. The number of rotatable bonds is 6. The molecular formula is C24H26N2O5. The molecule has 2 heterocycles. The Morgan fingerprint density at radius 1 is 1.03 bits per heavy atom. The van der Waals surface area contributed by atoms with Gasteiger partial charge in [0.1, 0.15) is 0 Å². The summed E-state index contributed by atoms with van der Waals surface area (Å²) in [5.74, 6) is -0.998. The van der Waals surface area contributed by atoms with Crippen LogP contribution in [-0.4, -0.2) is 59.7 Å². The van der Waals surface area contributed by atoms with Gasteiger partial charge in [0.15, 0.2) is 0 Å². The van der Waals surface area contributed by atoms with Crippen LogP contribution in [0.4, 0.5) is 0 Å². The van der Waals surface area contributed by atoms with Crippen molar-refractivity contribution in [2.24, 2.45) is 0 Å². The molecule has 1 saturated heterocycles. The molecule has 2 aromatic rings. The van der Waals surface area contributed by atoms with Crippen molar-refractivity contribution in [1.29, 1.82) is 0 Å². The number of imide groups is 1. The minimum absolute atomic E-state index is 0.0481. The lowest BCUT2D eigenvalue weighted by atomic mass is 9.94. The zero-order chi connectivity index (χ0) is 22.0. The summed E-state index contributed by atoms with van der Waals surface area (Å²) in [4.78, 5) is 53.4. The van der Waals surface area contributed by atoms with E-state index in [2.05, 4.69) is 0 Å². The summed E-state index contributed by atoms with van der Waals surface area (Å²) < 4.78 is 4.76. The van der Waals surface area contributed by atoms with E-state index in [-0.39, 0.29) is 49.1 Å². The third-order valence-electron chi connectivity index (χ3n) is 6.21. The minimum Gasteiger partial charge on any atom is -0.469 e. The van der Waals surface area contributed by atoms with Gasteiger partial charge in [-0.3, -0.25) is 24.1 Å². The van der Waals surface area contributed by atoms with Crippen LogP contribution in [0.15, 0.2) is 36.4 Å². The Hall–Kier alpha value is -3.22. The molecule has 0 aromatic heterocycles. The Bertz CT molecular complexity index is 997. The standard InChI is InChI=1S/C24H26N2O5/c1-31-21(28)15-17-9-2-3-13-25(17)20(27)12-6-14-26-23(29)18-10-4-7-16-8-5-11-19(22(16)18)24(26)30/h4-5,7-8,10-11,17H,2-3,6,9,12-15H2,1H3/t17-/m1/s1. The summed E-state index contributed by atoms with van der Waals surface area (Å²) in [5.41, 5.74) is 1.04. The van der Waals surface area contributed by atoms with E-state index in [1.807, 2.05) is 24.3 Å². The highest BCUT2D eigenvalue weighted by Crippen LogP contribution is 2.30. The maximum atomic E-state index is 13.0.